The Morgan fingerprint density at radius 1 is 1.14 bits per heavy atom. The van der Waals surface area contributed by atoms with Crippen molar-refractivity contribution in [3.8, 4) is 11.5 Å². The molecule has 0 N–H and O–H groups in total. The zero-order chi connectivity index (χ0) is 16.3. The third-order valence-corrected chi connectivity index (χ3v) is 4.22. The maximum atomic E-state index is 13.3. The van der Waals surface area contributed by atoms with Crippen LogP contribution in [-0.4, -0.2) is 38.1 Å². The number of alkyl halides is 2. The van der Waals surface area contributed by atoms with Crippen LogP contribution in [0.4, 0.5) is 8.78 Å². The minimum absolute atomic E-state index is 0.0670. The fourth-order valence-electron chi connectivity index (χ4n) is 3.00. The molecule has 124 valence electrons. The number of halogens is 2. The van der Waals surface area contributed by atoms with Gasteiger partial charge in [0.25, 0.3) is 5.92 Å². The van der Waals surface area contributed by atoms with Gasteiger partial charge in [0.2, 0.25) is 0 Å². The van der Waals surface area contributed by atoms with Gasteiger partial charge in [-0.25, -0.2) is 8.78 Å². The van der Waals surface area contributed by atoms with Crippen LogP contribution in [0.1, 0.15) is 43.7 Å². The third-order valence-electron chi connectivity index (χ3n) is 4.22. The highest BCUT2D eigenvalue weighted by Gasteiger charge is 2.34. The van der Waals surface area contributed by atoms with E-state index in [1.54, 1.807) is 14.2 Å². The lowest BCUT2D eigenvalue weighted by molar-refractivity contribution is -0.0567. The summed E-state index contributed by atoms with van der Waals surface area (Å²) in [7, 11) is 3.29. The minimum Gasteiger partial charge on any atom is -0.496 e. The molecule has 0 aromatic heterocycles. The largest absolute Gasteiger partial charge is 0.496 e. The van der Waals surface area contributed by atoms with Gasteiger partial charge >= 0.3 is 0 Å². The van der Waals surface area contributed by atoms with Gasteiger partial charge in [0.1, 0.15) is 11.5 Å². The van der Waals surface area contributed by atoms with Crippen LogP contribution in [0.5, 0.6) is 11.5 Å². The molecule has 1 aliphatic heterocycles. The van der Waals surface area contributed by atoms with Crippen LogP contribution in [0.2, 0.25) is 0 Å². The number of benzene rings is 1. The predicted molar refractivity (Wildman–Crippen MR) is 83.1 cm³/mol. The van der Waals surface area contributed by atoms with Crippen LogP contribution >= 0.6 is 0 Å². The number of piperidine rings is 1. The van der Waals surface area contributed by atoms with E-state index in [0.717, 1.165) is 22.6 Å². The SMILES string of the molecule is COc1ccc(CN2CCC(F)(F)CC2)c(OC)c1C(C)C. The molecule has 1 fully saturated rings. The van der Waals surface area contributed by atoms with Gasteiger partial charge in [0.15, 0.2) is 0 Å². The zero-order valence-corrected chi connectivity index (χ0v) is 13.8. The highest BCUT2D eigenvalue weighted by molar-refractivity contribution is 5.51. The molecule has 0 saturated carbocycles. The van der Waals surface area contributed by atoms with Gasteiger partial charge in [-0.05, 0) is 12.0 Å². The van der Waals surface area contributed by atoms with Crippen molar-refractivity contribution >= 4 is 0 Å². The van der Waals surface area contributed by atoms with Gasteiger partial charge in [0.05, 0.1) is 14.2 Å². The Morgan fingerprint density at radius 2 is 1.77 bits per heavy atom. The first-order valence-electron chi connectivity index (χ1n) is 7.72. The maximum absolute atomic E-state index is 13.3. The van der Waals surface area contributed by atoms with E-state index in [9.17, 15) is 8.78 Å². The zero-order valence-electron chi connectivity index (χ0n) is 13.8. The van der Waals surface area contributed by atoms with Crippen molar-refractivity contribution < 1.29 is 18.3 Å². The Morgan fingerprint density at radius 3 is 2.27 bits per heavy atom. The third kappa shape index (κ3) is 3.69. The van der Waals surface area contributed by atoms with Crippen molar-refractivity contribution in [3.05, 3.63) is 23.3 Å². The van der Waals surface area contributed by atoms with E-state index in [0.29, 0.717) is 19.6 Å². The van der Waals surface area contributed by atoms with E-state index in [1.165, 1.54) is 0 Å². The molecule has 22 heavy (non-hydrogen) atoms. The average Bonchev–Trinajstić information content (AvgIpc) is 2.48. The lowest BCUT2D eigenvalue weighted by atomic mass is 9.97. The Hall–Kier alpha value is -1.36. The van der Waals surface area contributed by atoms with E-state index in [1.807, 2.05) is 12.1 Å². The van der Waals surface area contributed by atoms with Gasteiger partial charge in [-0.3, -0.25) is 4.90 Å². The van der Waals surface area contributed by atoms with E-state index in [2.05, 4.69) is 18.7 Å². The van der Waals surface area contributed by atoms with Crippen LogP contribution in [0.3, 0.4) is 0 Å². The van der Waals surface area contributed by atoms with Crippen molar-refractivity contribution in [1.82, 2.24) is 4.90 Å². The van der Waals surface area contributed by atoms with Gasteiger partial charge < -0.3 is 9.47 Å². The summed E-state index contributed by atoms with van der Waals surface area (Å²) < 4.78 is 37.6. The standard InChI is InChI=1S/C17H25F2NO2/c1-12(2)15-14(21-3)6-5-13(16(15)22-4)11-20-9-7-17(18,19)8-10-20/h5-6,12H,7-11H2,1-4H3. The molecular weight excluding hydrogens is 288 g/mol. The minimum atomic E-state index is -2.51. The molecular formula is C17H25F2NO2. The molecule has 0 radical (unpaired) electrons. The highest BCUT2D eigenvalue weighted by atomic mass is 19.3. The summed E-state index contributed by atoms with van der Waals surface area (Å²) in [5.41, 5.74) is 2.06. The summed E-state index contributed by atoms with van der Waals surface area (Å²) in [6.07, 6.45) is -0.134. The molecule has 1 aromatic rings. The fraction of sp³-hybridized carbons (Fsp3) is 0.647. The first-order chi connectivity index (χ1) is 10.4. The average molecular weight is 313 g/mol. The Balaban J connectivity index is 2.23. The van der Waals surface area contributed by atoms with Crippen LogP contribution in [0, 0.1) is 0 Å². The van der Waals surface area contributed by atoms with E-state index in [4.69, 9.17) is 9.47 Å². The molecule has 5 heteroatoms. The number of hydrogen-bond donors (Lipinski definition) is 0. The Bertz CT molecular complexity index is 508. The Kier molecular flexibility index (Phi) is 5.27. The summed E-state index contributed by atoms with van der Waals surface area (Å²) in [6, 6.07) is 3.90. The van der Waals surface area contributed by atoms with Crippen LogP contribution in [0.15, 0.2) is 12.1 Å². The van der Waals surface area contributed by atoms with Crippen molar-refractivity contribution in [1.29, 1.82) is 0 Å². The van der Waals surface area contributed by atoms with E-state index < -0.39 is 5.92 Å². The highest BCUT2D eigenvalue weighted by Crippen LogP contribution is 2.39. The van der Waals surface area contributed by atoms with Crippen molar-refractivity contribution in [2.45, 2.75) is 45.1 Å². The number of ether oxygens (including phenoxy) is 2. The van der Waals surface area contributed by atoms with Crippen LogP contribution in [-0.2, 0) is 6.54 Å². The van der Waals surface area contributed by atoms with Gasteiger partial charge in [-0.2, -0.15) is 0 Å². The second-order valence-corrected chi connectivity index (χ2v) is 6.16. The van der Waals surface area contributed by atoms with Gasteiger partial charge in [-0.15, -0.1) is 0 Å². The van der Waals surface area contributed by atoms with E-state index >= 15 is 0 Å². The molecule has 0 aliphatic carbocycles. The quantitative estimate of drug-likeness (QED) is 0.818. The monoisotopic (exact) mass is 313 g/mol. The molecule has 0 spiro atoms. The number of nitrogens with zero attached hydrogens (tertiary/aromatic N) is 1. The molecule has 1 aliphatic rings. The van der Waals surface area contributed by atoms with Gasteiger partial charge in [-0.1, -0.05) is 19.9 Å². The smallest absolute Gasteiger partial charge is 0.250 e. The lowest BCUT2D eigenvalue weighted by Crippen LogP contribution is -2.38. The molecule has 1 aromatic carbocycles. The molecule has 1 heterocycles. The number of hydrogen-bond acceptors (Lipinski definition) is 3. The van der Waals surface area contributed by atoms with Crippen LogP contribution in [0.25, 0.3) is 0 Å². The topological polar surface area (TPSA) is 21.7 Å². The number of rotatable bonds is 5. The van der Waals surface area contributed by atoms with Crippen molar-refractivity contribution in [3.63, 3.8) is 0 Å². The number of methoxy groups -OCH3 is 2. The second kappa shape index (κ2) is 6.82. The molecule has 0 atom stereocenters. The van der Waals surface area contributed by atoms with E-state index in [-0.39, 0.29) is 18.8 Å². The molecule has 0 unspecified atom stereocenters. The summed E-state index contributed by atoms with van der Waals surface area (Å²) in [5, 5.41) is 0. The molecule has 1 saturated heterocycles. The molecule has 0 bridgehead atoms. The summed E-state index contributed by atoms with van der Waals surface area (Å²) >= 11 is 0. The first kappa shape index (κ1) is 17.0. The summed E-state index contributed by atoms with van der Waals surface area (Å²) in [6.45, 7) is 5.64. The summed E-state index contributed by atoms with van der Waals surface area (Å²) in [5.74, 6) is -0.633. The maximum Gasteiger partial charge on any atom is 0.250 e. The fourth-order valence-corrected chi connectivity index (χ4v) is 3.00. The predicted octanol–water partition coefficient (Wildman–Crippen LogP) is 4.06. The lowest BCUT2D eigenvalue weighted by Gasteiger charge is -2.32. The normalized spacial score (nSPS) is 18.5. The number of likely N-dealkylation sites (tertiary alicyclic amines) is 1. The molecule has 3 nitrogen and oxygen atoms in total. The van der Waals surface area contributed by atoms with Crippen molar-refractivity contribution in [2.75, 3.05) is 27.3 Å². The summed E-state index contributed by atoms with van der Waals surface area (Å²) in [4.78, 5) is 2.06. The van der Waals surface area contributed by atoms with Gasteiger partial charge in [0, 0.05) is 43.6 Å². The van der Waals surface area contributed by atoms with Crippen LogP contribution < -0.4 is 9.47 Å². The second-order valence-electron chi connectivity index (χ2n) is 6.16. The first-order valence-corrected chi connectivity index (χ1v) is 7.72. The molecule has 2 rings (SSSR count). The molecule has 0 amide bonds. The Labute approximate surface area is 131 Å². The van der Waals surface area contributed by atoms with Crippen molar-refractivity contribution in [2.24, 2.45) is 0 Å².